The van der Waals surface area contributed by atoms with Crippen LogP contribution in [-0.2, 0) is 20.8 Å². The van der Waals surface area contributed by atoms with Gasteiger partial charge in [0.05, 0.1) is 17.9 Å². The van der Waals surface area contributed by atoms with Crippen LogP contribution >= 0.6 is 11.6 Å². The predicted molar refractivity (Wildman–Crippen MR) is 82.6 cm³/mol. The smallest absolute Gasteiger partial charge is 0.335 e. The Balaban J connectivity index is 1.92. The molecule has 6 nitrogen and oxygen atoms in total. The Bertz CT molecular complexity index is 653. The fourth-order valence-electron chi connectivity index (χ4n) is 2.46. The van der Waals surface area contributed by atoms with Gasteiger partial charge >= 0.3 is 5.97 Å². The molecular formula is C14H18ClNO5S. The van der Waals surface area contributed by atoms with Crippen molar-refractivity contribution in [1.29, 1.82) is 0 Å². The third kappa shape index (κ3) is 4.95. The van der Waals surface area contributed by atoms with E-state index in [0.717, 1.165) is 11.8 Å². The van der Waals surface area contributed by atoms with Gasteiger partial charge in [-0.2, -0.15) is 8.42 Å². The van der Waals surface area contributed by atoms with Gasteiger partial charge in [0.2, 0.25) is 0 Å². The van der Waals surface area contributed by atoms with Crippen LogP contribution in [0.25, 0.3) is 0 Å². The van der Waals surface area contributed by atoms with Crippen LogP contribution in [0.3, 0.4) is 0 Å². The van der Waals surface area contributed by atoms with Gasteiger partial charge in [0.15, 0.2) is 0 Å². The van der Waals surface area contributed by atoms with Crippen molar-refractivity contribution >= 4 is 27.7 Å². The van der Waals surface area contributed by atoms with Crippen LogP contribution in [0.15, 0.2) is 18.2 Å². The number of hydrogen-bond donors (Lipinski definition) is 1. The molecule has 0 unspecified atom stereocenters. The summed E-state index contributed by atoms with van der Waals surface area (Å²) >= 11 is 6.11. The lowest BCUT2D eigenvalue weighted by molar-refractivity contribution is 0.0696. The van der Waals surface area contributed by atoms with Gasteiger partial charge < -0.3 is 5.11 Å². The fraction of sp³-hybridized carbons (Fsp3) is 0.500. The van der Waals surface area contributed by atoms with E-state index in [-0.39, 0.29) is 11.7 Å². The summed E-state index contributed by atoms with van der Waals surface area (Å²) in [5.41, 5.74) is 1.02. The van der Waals surface area contributed by atoms with Crippen molar-refractivity contribution in [3.8, 4) is 0 Å². The average Bonchev–Trinajstić information content (AvgIpc) is 2.41. The number of hydrogen-bond acceptors (Lipinski definition) is 5. The maximum atomic E-state index is 11.1. The molecule has 0 spiro atoms. The number of likely N-dealkylation sites (tertiary alicyclic amines) is 1. The number of rotatable bonds is 5. The minimum Gasteiger partial charge on any atom is -0.478 e. The van der Waals surface area contributed by atoms with Gasteiger partial charge in [-0.1, -0.05) is 17.7 Å². The highest BCUT2D eigenvalue weighted by Crippen LogP contribution is 2.22. The average molecular weight is 348 g/mol. The highest BCUT2D eigenvalue weighted by molar-refractivity contribution is 7.86. The second-order valence-electron chi connectivity index (χ2n) is 5.39. The highest BCUT2D eigenvalue weighted by atomic mass is 35.5. The summed E-state index contributed by atoms with van der Waals surface area (Å²) in [5, 5.41) is 9.34. The zero-order chi connectivity index (χ0) is 16.3. The van der Waals surface area contributed by atoms with Crippen LogP contribution < -0.4 is 0 Å². The third-order valence-electron chi connectivity index (χ3n) is 3.54. The summed E-state index contributed by atoms with van der Waals surface area (Å²) in [5.74, 6) is -1.01. The van der Waals surface area contributed by atoms with Crippen LogP contribution in [-0.4, -0.2) is 49.8 Å². The SMILES string of the molecule is CS(=O)(=O)OC1CCN(Cc2ccc(C(=O)O)cc2Cl)CC1. The molecule has 1 N–H and O–H groups in total. The molecule has 0 atom stereocenters. The Labute approximate surface area is 134 Å². The van der Waals surface area contributed by atoms with Crippen LogP contribution in [0, 0.1) is 0 Å². The lowest BCUT2D eigenvalue weighted by Gasteiger charge is -2.31. The van der Waals surface area contributed by atoms with Gasteiger partial charge in [-0.25, -0.2) is 4.79 Å². The highest BCUT2D eigenvalue weighted by Gasteiger charge is 2.23. The lowest BCUT2D eigenvalue weighted by atomic mass is 10.1. The van der Waals surface area contributed by atoms with Gasteiger partial charge in [-0.15, -0.1) is 0 Å². The molecule has 2 rings (SSSR count). The molecule has 1 aromatic rings. The normalized spacial score (nSPS) is 17.5. The van der Waals surface area contributed by atoms with E-state index in [1.807, 2.05) is 0 Å². The fourth-order valence-corrected chi connectivity index (χ4v) is 3.39. The standard InChI is InChI=1S/C14H18ClNO5S/c1-22(19,20)21-12-4-6-16(7-5-12)9-11-3-2-10(14(17)18)8-13(11)15/h2-3,8,12H,4-7,9H2,1H3,(H,17,18). The van der Waals surface area contributed by atoms with Crippen molar-refractivity contribution in [2.75, 3.05) is 19.3 Å². The number of piperidine rings is 1. The largest absolute Gasteiger partial charge is 0.478 e. The summed E-state index contributed by atoms with van der Waals surface area (Å²) < 4.78 is 27.2. The van der Waals surface area contributed by atoms with E-state index in [1.165, 1.54) is 12.1 Å². The number of carboxylic acids is 1. The van der Waals surface area contributed by atoms with E-state index in [1.54, 1.807) is 6.07 Å². The van der Waals surface area contributed by atoms with E-state index >= 15 is 0 Å². The molecule has 1 aliphatic heterocycles. The predicted octanol–water partition coefficient (Wildman–Crippen LogP) is 1.98. The van der Waals surface area contributed by atoms with Crippen LogP contribution in [0.5, 0.6) is 0 Å². The molecule has 0 bridgehead atoms. The summed E-state index contributed by atoms with van der Waals surface area (Å²) in [6.45, 7) is 2.01. The quantitative estimate of drug-likeness (QED) is 0.820. The molecule has 1 aromatic carbocycles. The maximum Gasteiger partial charge on any atom is 0.335 e. The second kappa shape index (κ2) is 6.95. The monoisotopic (exact) mass is 347 g/mol. The summed E-state index contributed by atoms with van der Waals surface area (Å²) in [4.78, 5) is 13.0. The van der Waals surface area contributed by atoms with Crippen molar-refractivity contribution in [2.45, 2.75) is 25.5 Å². The molecule has 1 saturated heterocycles. The van der Waals surface area contributed by atoms with Crippen molar-refractivity contribution in [1.82, 2.24) is 4.90 Å². The first-order chi connectivity index (χ1) is 10.2. The second-order valence-corrected chi connectivity index (χ2v) is 7.40. The molecule has 0 radical (unpaired) electrons. The zero-order valence-electron chi connectivity index (χ0n) is 12.2. The molecule has 122 valence electrons. The van der Waals surface area contributed by atoms with Crippen molar-refractivity contribution in [2.24, 2.45) is 0 Å². The van der Waals surface area contributed by atoms with Gasteiger partial charge in [0.1, 0.15) is 0 Å². The zero-order valence-corrected chi connectivity index (χ0v) is 13.7. The minimum atomic E-state index is -3.41. The van der Waals surface area contributed by atoms with Crippen LogP contribution in [0.2, 0.25) is 5.02 Å². The number of carbonyl (C=O) groups is 1. The molecule has 22 heavy (non-hydrogen) atoms. The molecule has 0 saturated carbocycles. The number of nitrogens with zero attached hydrogens (tertiary/aromatic N) is 1. The molecule has 1 heterocycles. The summed E-state index contributed by atoms with van der Waals surface area (Å²) in [6, 6.07) is 4.69. The van der Waals surface area contributed by atoms with E-state index in [2.05, 4.69) is 4.90 Å². The van der Waals surface area contributed by atoms with Gasteiger partial charge in [0, 0.05) is 24.7 Å². The molecule has 1 aliphatic rings. The first-order valence-corrected chi connectivity index (χ1v) is 9.06. The number of carboxylic acid groups (broad SMARTS) is 1. The molecule has 0 aromatic heterocycles. The van der Waals surface area contributed by atoms with E-state index in [9.17, 15) is 13.2 Å². The van der Waals surface area contributed by atoms with E-state index in [4.69, 9.17) is 20.9 Å². The third-order valence-corrected chi connectivity index (χ3v) is 4.51. The molecule has 0 aliphatic carbocycles. The first kappa shape index (κ1) is 17.2. The first-order valence-electron chi connectivity index (χ1n) is 6.87. The Morgan fingerprint density at radius 3 is 2.55 bits per heavy atom. The van der Waals surface area contributed by atoms with E-state index in [0.29, 0.717) is 37.5 Å². The van der Waals surface area contributed by atoms with Crippen molar-refractivity contribution in [3.05, 3.63) is 34.3 Å². The van der Waals surface area contributed by atoms with Crippen molar-refractivity contribution < 1.29 is 22.5 Å². The molecule has 0 amide bonds. The Morgan fingerprint density at radius 1 is 1.41 bits per heavy atom. The van der Waals surface area contributed by atoms with Gasteiger partial charge in [-0.05, 0) is 30.5 Å². The number of halogens is 1. The minimum absolute atomic E-state index is 0.161. The lowest BCUT2D eigenvalue weighted by Crippen LogP contribution is -2.37. The topological polar surface area (TPSA) is 83.9 Å². The summed E-state index contributed by atoms with van der Waals surface area (Å²) in [6.07, 6.45) is 2.06. The van der Waals surface area contributed by atoms with Gasteiger partial charge in [-0.3, -0.25) is 9.08 Å². The number of aromatic carboxylic acids is 1. The van der Waals surface area contributed by atoms with Gasteiger partial charge in [0.25, 0.3) is 10.1 Å². The Morgan fingerprint density at radius 2 is 2.05 bits per heavy atom. The number of benzene rings is 1. The van der Waals surface area contributed by atoms with Crippen molar-refractivity contribution in [3.63, 3.8) is 0 Å². The Hall–Kier alpha value is -1.15. The van der Waals surface area contributed by atoms with Crippen LogP contribution in [0.1, 0.15) is 28.8 Å². The summed E-state index contributed by atoms with van der Waals surface area (Å²) in [7, 11) is -3.41. The molecule has 8 heteroatoms. The maximum absolute atomic E-state index is 11.1. The Kier molecular flexibility index (Phi) is 5.44. The van der Waals surface area contributed by atoms with Crippen LogP contribution in [0.4, 0.5) is 0 Å². The molecular weight excluding hydrogens is 330 g/mol. The molecule has 1 fully saturated rings. The van der Waals surface area contributed by atoms with E-state index < -0.39 is 16.1 Å².